The van der Waals surface area contributed by atoms with Crippen molar-refractivity contribution in [1.82, 2.24) is 9.80 Å². The summed E-state index contributed by atoms with van der Waals surface area (Å²) in [5.41, 5.74) is 1.24. The van der Waals surface area contributed by atoms with Crippen LogP contribution in [0.15, 0.2) is 11.4 Å². The Morgan fingerprint density at radius 3 is 2.65 bits per heavy atom. The van der Waals surface area contributed by atoms with E-state index in [1.165, 1.54) is 10.4 Å². The zero-order chi connectivity index (χ0) is 14.1. The van der Waals surface area contributed by atoms with Gasteiger partial charge >= 0.3 is 0 Å². The molecule has 3 heterocycles. The predicted octanol–water partition coefficient (Wildman–Crippen LogP) is 0.616. The zero-order valence-corrected chi connectivity index (χ0v) is 12.1. The minimum absolute atomic E-state index is 0.0307. The van der Waals surface area contributed by atoms with Gasteiger partial charge in [-0.1, -0.05) is 0 Å². The average molecular weight is 294 g/mol. The predicted molar refractivity (Wildman–Crippen MR) is 75.3 cm³/mol. The number of carbonyl (C=O) groups is 2. The van der Waals surface area contributed by atoms with E-state index in [4.69, 9.17) is 5.11 Å². The molecule has 1 N–H and O–H groups in total. The molecule has 1 aromatic rings. The van der Waals surface area contributed by atoms with Crippen LogP contribution in [0.5, 0.6) is 0 Å². The summed E-state index contributed by atoms with van der Waals surface area (Å²) in [6.07, 6.45) is 1.06. The number of aliphatic hydroxyl groups is 1. The molecular weight excluding hydrogens is 276 g/mol. The van der Waals surface area contributed by atoms with Crippen LogP contribution in [0.2, 0.25) is 0 Å². The quantitative estimate of drug-likeness (QED) is 0.889. The molecule has 1 fully saturated rings. The molecule has 108 valence electrons. The fourth-order valence-corrected chi connectivity index (χ4v) is 3.54. The first-order valence-electron chi connectivity index (χ1n) is 6.92. The van der Waals surface area contributed by atoms with E-state index in [1.54, 1.807) is 16.2 Å². The lowest BCUT2D eigenvalue weighted by atomic mass is 10.1. The van der Waals surface area contributed by atoms with Crippen molar-refractivity contribution in [3.05, 3.63) is 21.9 Å². The third kappa shape index (κ3) is 2.71. The highest BCUT2D eigenvalue weighted by Crippen LogP contribution is 2.24. The van der Waals surface area contributed by atoms with Crippen molar-refractivity contribution < 1.29 is 14.7 Å². The normalized spacial score (nSPS) is 18.6. The number of β-amino-alcohol motifs (C(OH)–C–C–N with tert-alkyl or cyclic N) is 1. The van der Waals surface area contributed by atoms with Gasteiger partial charge in [-0.25, -0.2) is 0 Å². The first-order chi connectivity index (χ1) is 9.63. The maximum Gasteiger partial charge on any atom is 0.223 e. The number of aliphatic hydroxyl groups excluding tert-OH is 1. The van der Waals surface area contributed by atoms with Crippen LogP contribution in [0, 0.1) is 0 Å². The topological polar surface area (TPSA) is 60.9 Å². The first-order valence-corrected chi connectivity index (χ1v) is 7.80. The zero-order valence-electron chi connectivity index (χ0n) is 11.2. The van der Waals surface area contributed by atoms with E-state index in [0.29, 0.717) is 19.6 Å². The van der Waals surface area contributed by atoms with Crippen LogP contribution in [0.1, 0.15) is 23.3 Å². The Balaban J connectivity index is 1.47. The van der Waals surface area contributed by atoms with Crippen LogP contribution in [0.25, 0.3) is 0 Å². The lowest BCUT2D eigenvalue weighted by molar-refractivity contribution is -0.144. The van der Waals surface area contributed by atoms with Gasteiger partial charge in [0.05, 0.1) is 6.10 Å². The SMILES string of the molecule is O=C(CCC(=O)N1CC(O)C1)N1CCc2sccc2C1. The van der Waals surface area contributed by atoms with E-state index in [2.05, 4.69) is 11.4 Å². The Hall–Kier alpha value is -1.40. The highest BCUT2D eigenvalue weighted by Gasteiger charge is 2.29. The summed E-state index contributed by atoms with van der Waals surface area (Å²) >= 11 is 1.75. The lowest BCUT2D eigenvalue weighted by Crippen LogP contribution is -2.53. The van der Waals surface area contributed by atoms with Gasteiger partial charge in [-0.3, -0.25) is 9.59 Å². The molecule has 0 aromatic carbocycles. The molecule has 0 unspecified atom stereocenters. The summed E-state index contributed by atoms with van der Waals surface area (Å²) < 4.78 is 0. The monoisotopic (exact) mass is 294 g/mol. The molecule has 1 aromatic heterocycles. The molecule has 0 radical (unpaired) electrons. The van der Waals surface area contributed by atoms with Crippen molar-refractivity contribution in [3.8, 4) is 0 Å². The van der Waals surface area contributed by atoms with Crippen molar-refractivity contribution in [1.29, 1.82) is 0 Å². The van der Waals surface area contributed by atoms with Gasteiger partial charge in [0.15, 0.2) is 0 Å². The standard InChI is InChI=1S/C14H18N2O3S/c17-11-8-16(9-11)14(19)2-1-13(18)15-5-3-12-10(7-15)4-6-20-12/h4,6,11,17H,1-3,5,7-9H2. The second-order valence-electron chi connectivity index (χ2n) is 5.39. The van der Waals surface area contributed by atoms with E-state index in [9.17, 15) is 9.59 Å². The highest BCUT2D eigenvalue weighted by molar-refractivity contribution is 7.10. The molecule has 6 heteroatoms. The van der Waals surface area contributed by atoms with Crippen LogP contribution < -0.4 is 0 Å². The van der Waals surface area contributed by atoms with Gasteiger partial charge in [0, 0.05) is 43.9 Å². The second kappa shape index (κ2) is 5.54. The Kier molecular flexibility index (Phi) is 3.76. The van der Waals surface area contributed by atoms with E-state index < -0.39 is 0 Å². The van der Waals surface area contributed by atoms with Gasteiger partial charge < -0.3 is 14.9 Å². The Morgan fingerprint density at radius 2 is 1.95 bits per heavy atom. The molecule has 1 saturated heterocycles. The Morgan fingerprint density at radius 1 is 1.25 bits per heavy atom. The van der Waals surface area contributed by atoms with Crippen molar-refractivity contribution in [2.45, 2.75) is 31.9 Å². The number of fused-ring (bicyclic) bond motifs is 1. The summed E-state index contributed by atoms with van der Waals surface area (Å²) in [5.74, 6) is 0.0214. The van der Waals surface area contributed by atoms with Crippen LogP contribution in [0.4, 0.5) is 0 Å². The minimum Gasteiger partial charge on any atom is -0.389 e. The third-order valence-corrected chi connectivity index (χ3v) is 4.95. The summed E-state index contributed by atoms with van der Waals surface area (Å²) in [5, 5.41) is 11.2. The summed E-state index contributed by atoms with van der Waals surface area (Å²) in [7, 11) is 0. The maximum absolute atomic E-state index is 12.1. The van der Waals surface area contributed by atoms with Crippen molar-refractivity contribution in [3.63, 3.8) is 0 Å². The molecule has 5 nitrogen and oxygen atoms in total. The highest BCUT2D eigenvalue weighted by atomic mass is 32.1. The van der Waals surface area contributed by atoms with Gasteiger partial charge in [0.25, 0.3) is 0 Å². The molecule has 0 atom stereocenters. The number of thiophene rings is 1. The fourth-order valence-electron chi connectivity index (χ4n) is 2.65. The van der Waals surface area contributed by atoms with Crippen molar-refractivity contribution >= 4 is 23.2 Å². The van der Waals surface area contributed by atoms with Gasteiger partial charge in [0.2, 0.25) is 11.8 Å². The van der Waals surface area contributed by atoms with E-state index in [0.717, 1.165) is 13.0 Å². The van der Waals surface area contributed by atoms with Gasteiger partial charge in [-0.2, -0.15) is 0 Å². The molecule has 2 amide bonds. The fraction of sp³-hybridized carbons (Fsp3) is 0.571. The van der Waals surface area contributed by atoms with E-state index in [1.807, 2.05) is 4.90 Å². The lowest BCUT2D eigenvalue weighted by Gasteiger charge is -2.36. The van der Waals surface area contributed by atoms with Crippen LogP contribution in [-0.4, -0.2) is 52.5 Å². The van der Waals surface area contributed by atoms with Crippen molar-refractivity contribution in [2.75, 3.05) is 19.6 Å². The minimum atomic E-state index is -0.381. The smallest absolute Gasteiger partial charge is 0.223 e. The van der Waals surface area contributed by atoms with Gasteiger partial charge in [-0.15, -0.1) is 11.3 Å². The largest absolute Gasteiger partial charge is 0.389 e. The van der Waals surface area contributed by atoms with Gasteiger partial charge in [-0.05, 0) is 23.4 Å². The number of likely N-dealkylation sites (tertiary alicyclic amines) is 1. The van der Waals surface area contributed by atoms with E-state index in [-0.39, 0.29) is 30.8 Å². The maximum atomic E-state index is 12.1. The van der Waals surface area contributed by atoms with Crippen LogP contribution in [-0.2, 0) is 22.6 Å². The molecule has 3 rings (SSSR count). The number of amides is 2. The summed E-state index contributed by atoms with van der Waals surface area (Å²) in [6.45, 7) is 2.25. The molecular formula is C14H18N2O3S. The van der Waals surface area contributed by atoms with Gasteiger partial charge in [0.1, 0.15) is 0 Å². The summed E-state index contributed by atoms with van der Waals surface area (Å²) in [4.78, 5) is 28.7. The number of nitrogens with zero attached hydrogens (tertiary/aromatic N) is 2. The molecule has 0 bridgehead atoms. The molecule has 0 spiro atoms. The number of hydrogen-bond donors (Lipinski definition) is 1. The molecule has 0 saturated carbocycles. The average Bonchev–Trinajstić information content (AvgIpc) is 2.88. The summed E-state index contributed by atoms with van der Waals surface area (Å²) in [6, 6.07) is 2.08. The number of hydrogen-bond acceptors (Lipinski definition) is 4. The van der Waals surface area contributed by atoms with E-state index >= 15 is 0 Å². The Bertz CT molecular complexity index is 522. The molecule has 2 aliphatic rings. The third-order valence-electron chi connectivity index (χ3n) is 3.93. The Labute approximate surface area is 121 Å². The van der Waals surface area contributed by atoms with Crippen LogP contribution in [0.3, 0.4) is 0 Å². The van der Waals surface area contributed by atoms with Crippen molar-refractivity contribution in [2.24, 2.45) is 0 Å². The molecule has 20 heavy (non-hydrogen) atoms. The number of carbonyl (C=O) groups excluding carboxylic acids is 2. The molecule has 2 aliphatic heterocycles. The first kappa shape index (κ1) is 13.6. The molecule has 0 aliphatic carbocycles. The number of rotatable bonds is 3. The second-order valence-corrected chi connectivity index (χ2v) is 6.39. The van der Waals surface area contributed by atoms with Crippen LogP contribution >= 0.6 is 11.3 Å².